The number of hydrogen-bond donors (Lipinski definition) is 0. The summed E-state index contributed by atoms with van der Waals surface area (Å²) in [6, 6.07) is 0. The first-order valence-corrected chi connectivity index (χ1v) is 4.06. The van der Waals surface area contributed by atoms with E-state index >= 15 is 0 Å². The third-order valence-corrected chi connectivity index (χ3v) is 1.48. The summed E-state index contributed by atoms with van der Waals surface area (Å²) in [7, 11) is 0. The average Bonchev–Trinajstić information content (AvgIpc) is 1.95. The van der Waals surface area contributed by atoms with E-state index in [4.69, 9.17) is 0 Å². The number of alkyl halides is 3. The van der Waals surface area contributed by atoms with Crippen molar-refractivity contribution in [2.24, 2.45) is 5.92 Å². The van der Waals surface area contributed by atoms with E-state index in [0.29, 0.717) is 0 Å². The van der Waals surface area contributed by atoms with Crippen molar-refractivity contribution in [3.05, 3.63) is 0 Å². The van der Waals surface area contributed by atoms with Crippen molar-refractivity contribution >= 4 is 5.78 Å². The lowest BCUT2D eigenvalue weighted by Gasteiger charge is -2.07. The molecular formula is C8H13F3O2. The van der Waals surface area contributed by atoms with Gasteiger partial charge in [-0.25, -0.2) is 0 Å². The van der Waals surface area contributed by atoms with Crippen LogP contribution in [0.15, 0.2) is 0 Å². The highest BCUT2D eigenvalue weighted by atomic mass is 19.4. The Labute approximate surface area is 75.1 Å². The summed E-state index contributed by atoms with van der Waals surface area (Å²) in [6.45, 7) is 2.99. The minimum absolute atomic E-state index is 0.0363. The van der Waals surface area contributed by atoms with Gasteiger partial charge >= 0.3 is 6.36 Å². The van der Waals surface area contributed by atoms with Crippen molar-refractivity contribution in [2.75, 3.05) is 6.61 Å². The van der Waals surface area contributed by atoms with Crippen molar-refractivity contribution in [1.29, 1.82) is 0 Å². The molecule has 0 heterocycles. The van der Waals surface area contributed by atoms with E-state index in [1.54, 1.807) is 13.8 Å². The zero-order valence-electron chi connectivity index (χ0n) is 7.65. The Bertz CT molecular complexity index is 163. The largest absolute Gasteiger partial charge is 0.522 e. The molecule has 0 bridgehead atoms. The van der Waals surface area contributed by atoms with Crippen LogP contribution in [0.3, 0.4) is 0 Å². The summed E-state index contributed by atoms with van der Waals surface area (Å²) >= 11 is 0. The Hall–Kier alpha value is -0.580. The van der Waals surface area contributed by atoms with Gasteiger partial charge in [0.2, 0.25) is 0 Å². The maximum atomic E-state index is 11.4. The average molecular weight is 198 g/mol. The molecule has 0 fully saturated rings. The van der Waals surface area contributed by atoms with Crippen LogP contribution in [0, 0.1) is 5.92 Å². The first-order valence-electron chi connectivity index (χ1n) is 4.06. The van der Waals surface area contributed by atoms with Crippen LogP contribution in [-0.2, 0) is 9.53 Å². The number of ketones is 1. The molecule has 0 aliphatic rings. The van der Waals surface area contributed by atoms with E-state index in [1.807, 2.05) is 0 Å². The number of rotatable bonds is 5. The molecule has 0 aromatic rings. The van der Waals surface area contributed by atoms with E-state index < -0.39 is 13.0 Å². The van der Waals surface area contributed by atoms with Crippen molar-refractivity contribution in [3.8, 4) is 0 Å². The van der Waals surface area contributed by atoms with E-state index in [-0.39, 0.29) is 24.5 Å². The monoisotopic (exact) mass is 198 g/mol. The van der Waals surface area contributed by atoms with Gasteiger partial charge in [-0.05, 0) is 6.42 Å². The van der Waals surface area contributed by atoms with Gasteiger partial charge in [0.1, 0.15) is 5.78 Å². The van der Waals surface area contributed by atoms with E-state index in [9.17, 15) is 18.0 Å². The molecule has 0 radical (unpaired) electrons. The van der Waals surface area contributed by atoms with Gasteiger partial charge < -0.3 is 0 Å². The molecule has 0 unspecified atom stereocenters. The molecule has 0 amide bonds. The van der Waals surface area contributed by atoms with Gasteiger partial charge in [-0.15, -0.1) is 13.2 Å². The fraction of sp³-hybridized carbons (Fsp3) is 0.875. The lowest BCUT2D eigenvalue weighted by atomic mass is 10.1. The van der Waals surface area contributed by atoms with Gasteiger partial charge in [-0.1, -0.05) is 13.8 Å². The molecule has 0 rings (SSSR count). The maximum Gasteiger partial charge on any atom is 0.522 e. The molecule has 0 spiro atoms. The SMILES string of the molecule is CC(C)C(=O)CCCOC(F)(F)F. The molecule has 0 aromatic carbocycles. The van der Waals surface area contributed by atoms with Gasteiger partial charge in [0.05, 0.1) is 6.61 Å². The van der Waals surface area contributed by atoms with Gasteiger partial charge in [0.15, 0.2) is 0 Å². The third kappa shape index (κ3) is 7.77. The maximum absolute atomic E-state index is 11.4. The van der Waals surface area contributed by atoms with Crippen LogP contribution < -0.4 is 0 Å². The van der Waals surface area contributed by atoms with Crippen LogP contribution in [0.2, 0.25) is 0 Å². The summed E-state index contributed by atoms with van der Waals surface area (Å²) in [5, 5.41) is 0. The van der Waals surface area contributed by atoms with Gasteiger partial charge in [-0.2, -0.15) is 0 Å². The number of Topliss-reactive ketones (excluding diaryl/α,β-unsaturated/α-hetero) is 1. The molecule has 5 heteroatoms. The molecule has 0 saturated heterocycles. The Morgan fingerprint density at radius 2 is 1.92 bits per heavy atom. The fourth-order valence-electron chi connectivity index (χ4n) is 0.723. The standard InChI is InChI=1S/C8H13F3O2/c1-6(2)7(12)4-3-5-13-8(9,10)11/h6H,3-5H2,1-2H3. The Morgan fingerprint density at radius 1 is 1.38 bits per heavy atom. The van der Waals surface area contributed by atoms with Crippen molar-refractivity contribution in [1.82, 2.24) is 0 Å². The second-order valence-electron chi connectivity index (χ2n) is 3.02. The summed E-state index contributed by atoms with van der Waals surface area (Å²) < 4.78 is 37.8. The molecule has 78 valence electrons. The van der Waals surface area contributed by atoms with Crippen LogP contribution >= 0.6 is 0 Å². The predicted molar refractivity (Wildman–Crippen MR) is 41.1 cm³/mol. The summed E-state index contributed by atoms with van der Waals surface area (Å²) in [6.07, 6.45) is -4.31. The van der Waals surface area contributed by atoms with Gasteiger partial charge in [0.25, 0.3) is 0 Å². The highest BCUT2D eigenvalue weighted by Crippen LogP contribution is 2.16. The smallest absolute Gasteiger partial charge is 0.299 e. The topological polar surface area (TPSA) is 26.3 Å². The lowest BCUT2D eigenvalue weighted by Crippen LogP contribution is -2.15. The fourth-order valence-corrected chi connectivity index (χ4v) is 0.723. The minimum atomic E-state index is -4.58. The molecule has 13 heavy (non-hydrogen) atoms. The normalized spacial score (nSPS) is 12.2. The van der Waals surface area contributed by atoms with Crippen molar-refractivity contribution in [3.63, 3.8) is 0 Å². The molecule has 0 aromatic heterocycles. The first-order chi connectivity index (χ1) is 5.83. The Morgan fingerprint density at radius 3 is 2.31 bits per heavy atom. The van der Waals surface area contributed by atoms with E-state index in [0.717, 1.165) is 0 Å². The number of ether oxygens (including phenoxy) is 1. The molecular weight excluding hydrogens is 185 g/mol. The number of hydrogen-bond acceptors (Lipinski definition) is 2. The predicted octanol–water partition coefficient (Wildman–Crippen LogP) is 2.53. The number of halogens is 3. The Balaban J connectivity index is 3.42. The minimum Gasteiger partial charge on any atom is -0.299 e. The zero-order chi connectivity index (χ0) is 10.5. The molecule has 0 atom stereocenters. The van der Waals surface area contributed by atoms with Crippen molar-refractivity contribution < 1.29 is 22.7 Å². The lowest BCUT2D eigenvalue weighted by molar-refractivity contribution is -0.324. The first kappa shape index (κ1) is 12.4. The highest BCUT2D eigenvalue weighted by Gasteiger charge is 2.28. The number of carbonyl (C=O) groups excluding carboxylic acids is 1. The molecule has 0 aliphatic heterocycles. The zero-order valence-corrected chi connectivity index (χ0v) is 7.65. The van der Waals surface area contributed by atoms with Gasteiger partial charge in [-0.3, -0.25) is 9.53 Å². The third-order valence-electron chi connectivity index (χ3n) is 1.48. The summed E-state index contributed by atoms with van der Waals surface area (Å²) in [5.74, 6) is -0.156. The van der Waals surface area contributed by atoms with Crippen LogP contribution in [0.4, 0.5) is 13.2 Å². The van der Waals surface area contributed by atoms with Crippen LogP contribution in [-0.4, -0.2) is 18.8 Å². The Kier molecular flexibility index (Phi) is 4.98. The summed E-state index contributed by atoms with van der Waals surface area (Å²) in [5.41, 5.74) is 0. The quantitative estimate of drug-likeness (QED) is 0.634. The summed E-state index contributed by atoms with van der Waals surface area (Å²) in [4.78, 5) is 10.9. The van der Waals surface area contributed by atoms with E-state index in [2.05, 4.69) is 4.74 Å². The van der Waals surface area contributed by atoms with Crippen LogP contribution in [0.1, 0.15) is 26.7 Å². The molecule has 0 aliphatic carbocycles. The number of carbonyl (C=O) groups is 1. The molecule has 0 saturated carbocycles. The second kappa shape index (κ2) is 5.21. The van der Waals surface area contributed by atoms with Gasteiger partial charge in [0, 0.05) is 12.3 Å². The van der Waals surface area contributed by atoms with E-state index in [1.165, 1.54) is 0 Å². The van der Waals surface area contributed by atoms with Crippen LogP contribution in [0.25, 0.3) is 0 Å². The second-order valence-corrected chi connectivity index (χ2v) is 3.02. The van der Waals surface area contributed by atoms with Crippen molar-refractivity contribution in [2.45, 2.75) is 33.1 Å². The molecule has 2 nitrogen and oxygen atoms in total. The van der Waals surface area contributed by atoms with Crippen LogP contribution in [0.5, 0.6) is 0 Å². The molecule has 0 N–H and O–H groups in total. The highest BCUT2D eigenvalue weighted by molar-refractivity contribution is 5.80.